The van der Waals surface area contributed by atoms with Gasteiger partial charge in [0.15, 0.2) is 5.82 Å². The highest BCUT2D eigenvalue weighted by Crippen LogP contribution is 2.57. The van der Waals surface area contributed by atoms with Crippen LogP contribution in [-0.2, 0) is 16.6 Å². The molecule has 0 unspecified atom stereocenters. The van der Waals surface area contributed by atoms with Crippen molar-refractivity contribution in [3.05, 3.63) is 81.9 Å². The number of methoxy groups -OCH3 is 1. The van der Waals surface area contributed by atoms with Crippen LogP contribution in [0.2, 0.25) is 10.0 Å². The van der Waals surface area contributed by atoms with Crippen LogP contribution in [0.4, 0.5) is 5.69 Å². The quantitative estimate of drug-likeness (QED) is 0.227. The van der Waals surface area contributed by atoms with Gasteiger partial charge in [-0.05, 0) is 67.1 Å². The Balaban J connectivity index is 1.32. The number of nitrogens with one attached hydrogen (secondary N) is 1. The number of hydrogen-bond acceptors (Lipinski definition) is 7. The van der Waals surface area contributed by atoms with E-state index in [4.69, 9.17) is 32.5 Å². The number of nitrogens with zero attached hydrogens (tertiary/aromatic N) is 3. The fourth-order valence-corrected chi connectivity index (χ4v) is 5.69. The lowest BCUT2D eigenvalue weighted by atomic mass is 9.94. The lowest BCUT2D eigenvalue weighted by molar-refractivity contribution is -0.115. The van der Waals surface area contributed by atoms with Gasteiger partial charge >= 0.3 is 0 Å². The topological polar surface area (TPSA) is 90.1 Å². The summed E-state index contributed by atoms with van der Waals surface area (Å²) in [6.45, 7) is 2.08. The molecule has 0 bridgehead atoms. The first-order valence-corrected chi connectivity index (χ1v) is 13.5. The van der Waals surface area contributed by atoms with Gasteiger partial charge in [-0.15, -0.1) is 11.8 Å². The molecule has 1 aliphatic rings. The second kappa shape index (κ2) is 10.7. The summed E-state index contributed by atoms with van der Waals surface area (Å²) in [5.41, 5.74) is 2.21. The molecule has 0 spiro atoms. The Morgan fingerprint density at radius 2 is 1.86 bits per heavy atom. The van der Waals surface area contributed by atoms with Gasteiger partial charge in [0, 0.05) is 43.6 Å². The molecule has 1 saturated carbocycles. The van der Waals surface area contributed by atoms with Crippen molar-refractivity contribution in [2.75, 3.05) is 18.2 Å². The smallest absolute Gasteiger partial charge is 0.257 e. The summed E-state index contributed by atoms with van der Waals surface area (Å²) in [5, 5.41) is 8.00. The number of hydrogen-bond donors (Lipinski definition) is 1. The van der Waals surface area contributed by atoms with Gasteiger partial charge < -0.3 is 14.6 Å². The molecule has 1 amide bonds. The van der Waals surface area contributed by atoms with Gasteiger partial charge in [-0.3, -0.25) is 9.78 Å². The Morgan fingerprint density at radius 3 is 2.46 bits per heavy atom. The van der Waals surface area contributed by atoms with Crippen molar-refractivity contribution in [3.63, 3.8) is 0 Å². The molecule has 2 aromatic heterocycles. The summed E-state index contributed by atoms with van der Waals surface area (Å²) in [7, 11) is 1.61. The summed E-state index contributed by atoms with van der Waals surface area (Å²) in [6.07, 6.45) is 3.51. The van der Waals surface area contributed by atoms with Crippen molar-refractivity contribution in [1.29, 1.82) is 0 Å². The maximum Gasteiger partial charge on any atom is 0.257 e. The number of aromatic nitrogens is 3. The van der Waals surface area contributed by atoms with Crippen molar-refractivity contribution in [3.8, 4) is 17.2 Å². The maximum atomic E-state index is 12.6. The van der Waals surface area contributed by atoms with Gasteiger partial charge in [-0.2, -0.15) is 4.98 Å². The minimum absolute atomic E-state index is 0.148. The monoisotopic (exact) mass is 554 g/mol. The molecule has 5 rings (SSSR count). The molecular formula is C27H24Cl2N4O3S. The highest BCUT2D eigenvalue weighted by Gasteiger charge is 2.52. The Morgan fingerprint density at radius 1 is 1.14 bits per heavy atom. The Labute approximate surface area is 228 Å². The van der Waals surface area contributed by atoms with Crippen molar-refractivity contribution in [2.45, 2.75) is 36.5 Å². The Kier molecular flexibility index (Phi) is 7.42. The van der Waals surface area contributed by atoms with E-state index in [0.29, 0.717) is 33.1 Å². The molecule has 1 aliphatic carbocycles. The molecule has 0 radical (unpaired) electrons. The number of ether oxygens (including phenoxy) is 1. The summed E-state index contributed by atoms with van der Waals surface area (Å²) in [4.78, 5) is 22.7. The number of carbonyl (C=O) groups is 1. The summed E-state index contributed by atoms with van der Waals surface area (Å²) >= 11 is 15.1. The molecule has 37 heavy (non-hydrogen) atoms. The Bertz CT molecular complexity index is 1400. The average Bonchev–Trinajstić information content (AvgIpc) is 3.51. The number of amides is 1. The number of halogens is 2. The largest absolute Gasteiger partial charge is 0.497 e. The maximum absolute atomic E-state index is 12.6. The van der Waals surface area contributed by atoms with Crippen LogP contribution in [0, 0.1) is 0 Å². The highest BCUT2D eigenvalue weighted by atomic mass is 35.5. The second-order valence-corrected chi connectivity index (χ2v) is 10.8. The van der Waals surface area contributed by atoms with E-state index in [2.05, 4.69) is 27.4 Å². The molecule has 7 nitrogen and oxygen atoms in total. The number of benzene rings is 2. The van der Waals surface area contributed by atoms with E-state index in [1.54, 1.807) is 37.2 Å². The number of thioether (sulfide) groups is 1. The van der Waals surface area contributed by atoms with Gasteiger partial charge in [0.25, 0.3) is 5.89 Å². The van der Waals surface area contributed by atoms with Crippen LogP contribution >= 0.6 is 35.0 Å². The van der Waals surface area contributed by atoms with Gasteiger partial charge in [0.05, 0.1) is 18.9 Å². The molecule has 1 N–H and O–H groups in total. The Hall–Kier alpha value is -3.07. The molecule has 0 saturated heterocycles. The van der Waals surface area contributed by atoms with Crippen LogP contribution in [0.3, 0.4) is 0 Å². The molecule has 10 heteroatoms. The van der Waals surface area contributed by atoms with E-state index in [-0.39, 0.29) is 12.3 Å². The average molecular weight is 555 g/mol. The van der Waals surface area contributed by atoms with E-state index >= 15 is 0 Å². The van der Waals surface area contributed by atoms with E-state index in [1.165, 1.54) is 0 Å². The third-order valence-corrected chi connectivity index (χ3v) is 7.66. The van der Waals surface area contributed by atoms with E-state index in [0.717, 1.165) is 40.4 Å². The first kappa shape index (κ1) is 25.6. The van der Waals surface area contributed by atoms with Crippen LogP contribution in [0.5, 0.6) is 5.75 Å². The van der Waals surface area contributed by atoms with Crippen molar-refractivity contribution in [1.82, 2.24) is 15.1 Å². The van der Waals surface area contributed by atoms with Crippen LogP contribution in [0.1, 0.15) is 36.8 Å². The fraction of sp³-hybridized carbons (Fsp3) is 0.259. The third-order valence-electron chi connectivity index (χ3n) is 6.20. The second-order valence-electron chi connectivity index (χ2n) is 8.69. The molecule has 190 valence electrons. The molecule has 4 aromatic rings. The fourth-order valence-electron chi connectivity index (χ4n) is 4.22. The predicted octanol–water partition coefficient (Wildman–Crippen LogP) is 6.82. The highest BCUT2D eigenvalue weighted by molar-refractivity contribution is 7.99. The van der Waals surface area contributed by atoms with Gasteiger partial charge in [0.1, 0.15) is 5.75 Å². The molecule has 2 heterocycles. The van der Waals surface area contributed by atoms with Gasteiger partial charge in [-0.1, -0.05) is 35.3 Å². The zero-order valence-corrected chi connectivity index (χ0v) is 22.6. The zero-order valence-electron chi connectivity index (χ0n) is 20.3. The molecule has 2 aromatic carbocycles. The number of rotatable bonds is 9. The minimum atomic E-state index is -0.521. The van der Waals surface area contributed by atoms with E-state index < -0.39 is 5.41 Å². The van der Waals surface area contributed by atoms with Crippen LogP contribution < -0.4 is 10.1 Å². The van der Waals surface area contributed by atoms with E-state index in [1.807, 2.05) is 36.4 Å². The van der Waals surface area contributed by atoms with Gasteiger partial charge in [0.2, 0.25) is 5.91 Å². The van der Waals surface area contributed by atoms with Crippen LogP contribution in [0.15, 0.2) is 64.1 Å². The summed E-state index contributed by atoms with van der Waals surface area (Å²) < 4.78 is 10.8. The lowest BCUT2D eigenvalue weighted by Gasteiger charge is -2.17. The first-order valence-electron chi connectivity index (χ1n) is 11.8. The lowest BCUT2D eigenvalue weighted by Crippen LogP contribution is -2.16. The summed E-state index contributed by atoms with van der Waals surface area (Å²) in [6, 6.07) is 14.6. The predicted molar refractivity (Wildman–Crippen MR) is 146 cm³/mol. The number of pyridine rings is 1. The SMILES string of the molecule is CCSc1ccc(CC(=O)Nc2cc(Cl)c(C3(c4noc(-c5ccc(OC)cc5)n4)CC3)c(Cl)c2)nc1. The van der Waals surface area contributed by atoms with Crippen molar-refractivity contribution >= 4 is 46.6 Å². The van der Waals surface area contributed by atoms with Gasteiger partial charge in [-0.25, -0.2) is 0 Å². The number of anilines is 1. The van der Waals surface area contributed by atoms with Crippen LogP contribution in [-0.4, -0.2) is 33.9 Å². The third kappa shape index (κ3) is 5.46. The number of carbonyl (C=O) groups excluding carboxylic acids is 1. The standard InChI is InChI=1S/C27H24Cl2N4O3S/c1-3-37-20-9-6-17(30-15-20)14-23(34)31-18-12-21(28)24(22(29)13-18)27(10-11-27)26-32-25(36-33-26)16-4-7-19(35-2)8-5-16/h4-9,12-13,15H,3,10-11,14H2,1-2H3,(H,31,34). The normalized spacial score (nSPS) is 13.8. The van der Waals surface area contributed by atoms with Crippen LogP contribution in [0.25, 0.3) is 11.5 Å². The molecule has 0 atom stereocenters. The van der Waals surface area contributed by atoms with E-state index in [9.17, 15) is 4.79 Å². The molecular weight excluding hydrogens is 531 g/mol. The molecule has 0 aliphatic heterocycles. The zero-order chi connectivity index (χ0) is 26.0. The minimum Gasteiger partial charge on any atom is -0.497 e. The molecule has 1 fully saturated rings. The van der Waals surface area contributed by atoms with Crippen molar-refractivity contribution < 1.29 is 14.1 Å². The first-order chi connectivity index (χ1) is 17.9. The van der Waals surface area contributed by atoms with Crippen molar-refractivity contribution in [2.24, 2.45) is 0 Å². The summed E-state index contributed by atoms with van der Waals surface area (Å²) in [5.74, 6) is 2.46.